The molecule has 1 N–H and O–H groups in total. The number of nitrogens with one attached hydrogen (secondary N) is 1. The smallest absolute Gasteiger partial charge is 0.188 e. The molecule has 1 aliphatic heterocycles. The standard InChI is InChI=1S/C19H29ClN2O/c1-5-22-13-19(3,4)16-12-14(9-10-17(16)22)15(8-7-11-20)18(21)23-6-2/h9-10,12,15,21H,5-8,11,13H2,1-4H3. The van der Waals surface area contributed by atoms with Crippen molar-refractivity contribution in [2.45, 2.75) is 51.9 Å². The second kappa shape index (κ2) is 7.57. The number of alkyl halides is 1. The van der Waals surface area contributed by atoms with Crippen molar-refractivity contribution >= 4 is 23.2 Å². The largest absolute Gasteiger partial charge is 0.481 e. The van der Waals surface area contributed by atoms with Gasteiger partial charge < -0.3 is 9.64 Å². The van der Waals surface area contributed by atoms with Gasteiger partial charge in [0.25, 0.3) is 0 Å². The van der Waals surface area contributed by atoms with Crippen molar-refractivity contribution in [3.05, 3.63) is 29.3 Å². The zero-order chi connectivity index (χ0) is 17.0. The predicted molar refractivity (Wildman–Crippen MR) is 99.4 cm³/mol. The van der Waals surface area contributed by atoms with E-state index in [1.807, 2.05) is 6.92 Å². The fourth-order valence-electron chi connectivity index (χ4n) is 3.50. The highest BCUT2D eigenvalue weighted by Crippen LogP contribution is 2.42. The monoisotopic (exact) mass is 336 g/mol. The molecule has 1 unspecified atom stereocenters. The third-order valence-electron chi connectivity index (χ3n) is 4.70. The summed E-state index contributed by atoms with van der Waals surface area (Å²) >= 11 is 5.87. The Morgan fingerprint density at radius 2 is 2.13 bits per heavy atom. The molecule has 4 heteroatoms. The molecule has 0 amide bonds. The molecule has 0 saturated heterocycles. The molecule has 2 rings (SSSR count). The molecule has 1 heterocycles. The predicted octanol–water partition coefficient (Wildman–Crippen LogP) is 4.92. The van der Waals surface area contributed by atoms with Crippen LogP contribution in [0.1, 0.15) is 57.6 Å². The van der Waals surface area contributed by atoms with Crippen LogP contribution in [-0.4, -0.2) is 31.5 Å². The Labute approximate surface area is 145 Å². The molecule has 0 aliphatic carbocycles. The molecule has 0 radical (unpaired) electrons. The first-order chi connectivity index (χ1) is 10.9. The minimum atomic E-state index is 0.00507. The van der Waals surface area contributed by atoms with Gasteiger partial charge in [0.05, 0.1) is 12.5 Å². The minimum absolute atomic E-state index is 0.00507. The molecule has 23 heavy (non-hydrogen) atoms. The van der Waals surface area contributed by atoms with Crippen LogP contribution < -0.4 is 4.90 Å². The van der Waals surface area contributed by atoms with E-state index in [-0.39, 0.29) is 11.3 Å². The van der Waals surface area contributed by atoms with Crippen molar-refractivity contribution in [1.29, 1.82) is 5.41 Å². The summed E-state index contributed by atoms with van der Waals surface area (Å²) in [5, 5.41) is 8.26. The van der Waals surface area contributed by atoms with Gasteiger partial charge in [-0.3, -0.25) is 5.41 Å². The first-order valence-corrected chi connectivity index (χ1v) is 9.14. The Bertz CT molecular complexity index is 556. The van der Waals surface area contributed by atoms with Gasteiger partial charge in [0.1, 0.15) is 0 Å². The second-order valence-electron chi connectivity index (χ2n) is 6.86. The number of benzene rings is 1. The maximum absolute atomic E-state index is 8.26. The van der Waals surface area contributed by atoms with Gasteiger partial charge in [-0.15, -0.1) is 11.6 Å². The first-order valence-electron chi connectivity index (χ1n) is 8.61. The topological polar surface area (TPSA) is 36.3 Å². The van der Waals surface area contributed by atoms with E-state index in [1.54, 1.807) is 0 Å². The van der Waals surface area contributed by atoms with E-state index in [2.05, 4.69) is 43.9 Å². The molecule has 0 spiro atoms. The Kier molecular flexibility index (Phi) is 5.96. The van der Waals surface area contributed by atoms with Crippen molar-refractivity contribution in [1.82, 2.24) is 0 Å². The number of fused-ring (bicyclic) bond motifs is 1. The lowest BCUT2D eigenvalue weighted by molar-refractivity contribution is 0.305. The summed E-state index contributed by atoms with van der Waals surface area (Å²) in [6.45, 7) is 11.3. The fourth-order valence-corrected chi connectivity index (χ4v) is 3.66. The molecular formula is C19H29ClN2O. The number of nitrogens with zero attached hydrogens (tertiary/aromatic N) is 1. The molecule has 1 aromatic rings. The number of hydrogen-bond donors (Lipinski definition) is 1. The average molecular weight is 337 g/mol. The summed E-state index contributed by atoms with van der Waals surface area (Å²) in [5.74, 6) is 0.988. The Balaban J connectivity index is 2.36. The van der Waals surface area contributed by atoms with E-state index >= 15 is 0 Å². The molecule has 128 valence electrons. The lowest BCUT2D eigenvalue weighted by atomic mass is 9.83. The summed E-state index contributed by atoms with van der Waals surface area (Å²) in [6, 6.07) is 6.67. The number of rotatable bonds is 7. The maximum atomic E-state index is 8.26. The van der Waals surface area contributed by atoms with Crippen LogP contribution in [0.4, 0.5) is 5.69 Å². The van der Waals surface area contributed by atoms with Crippen LogP contribution in [0.3, 0.4) is 0 Å². The van der Waals surface area contributed by atoms with Crippen molar-refractivity contribution in [2.75, 3.05) is 30.5 Å². The van der Waals surface area contributed by atoms with E-state index < -0.39 is 0 Å². The molecule has 0 fully saturated rings. The molecule has 3 nitrogen and oxygen atoms in total. The minimum Gasteiger partial charge on any atom is -0.481 e. The van der Waals surface area contributed by atoms with E-state index in [0.29, 0.717) is 18.4 Å². The van der Waals surface area contributed by atoms with Crippen molar-refractivity contribution in [2.24, 2.45) is 0 Å². The molecule has 1 aromatic carbocycles. The number of halogens is 1. The molecule has 1 aliphatic rings. The highest BCUT2D eigenvalue weighted by Gasteiger charge is 2.35. The van der Waals surface area contributed by atoms with Gasteiger partial charge in [0, 0.05) is 30.1 Å². The normalized spacial score (nSPS) is 17.0. The Hall–Kier alpha value is -1.22. The van der Waals surface area contributed by atoms with Crippen molar-refractivity contribution in [3.63, 3.8) is 0 Å². The fraction of sp³-hybridized carbons (Fsp3) is 0.632. The van der Waals surface area contributed by atoms with Gasteiger partial charge in [-0.25, -0.2) is 0 Å². The number of hydrogen-bond acceptors (Lipinski definition) is 3. The molecule has 1 atom stereocenters. The van der Waals surface area contributed by atoms with Gasteiger partial charge in [0.15, 0.2) is 5.90 Å². The number of likely N-dealkylation sites (N-methyl/N-ethyl adjacent to an activating group) is 1. The lowest BCUT2D eigenvalue weighted by Crippen LogP contribution is -2.28. The highest BCUT2D eigenvalue weighted by molar-refractivity contribution is 6.17. The maximum Gasteiger partial charge on any atom is 0.188 e. The summed E-state index contributed by atoms with van der Waals surface area (Å²) in [7, 11) is 0. The van der Waals surface area contributed by atoms with Gasteiger partial charge in [-0.2, -0.15) is 0 Å². The van der Waals surface area contributed by atoms with Crippen LogP contribution in [0.15, 0.2) is 18.2 Å². The summed E-state index contributed by atoms with van der Waals surface area (Å²) in [4.78, 5) is 2.43. The highest BCUT2D eigenvalue weighted by atomic mass is 35.5. The Morgan fingerprint density at radius 1 is 1.39 bits per heavy atom. The van der Waals surface area contributed by atoms with Gasteiger partial charge in [0.2, 0.25) is 0 Å². The summed E-state index contributed by atoms with van der Waals surface area (Å²) in [5.41, 5.74) is 4.04. The third-order valence-corrected chi connectivity index (χ3v) is 4.97. The van der Waals surface area contributed by atoms with Crippen LogP contribution >= 0.6 is 11.6 Å². The number of ether oxygens (including phenoxy) is 1. The SMILES string of the molecule is CCOC(=N)C(CCCCl)c1ccc2c(c1)C(C)(C)CN2CC. The summed E-state index contributed by atoms with van der Waals surface area (Å²) < 4.78 is 5.50. The van der Waals surface area contributed by atoms with Gasteiger partial charge in [-0.05, 0) is 43.9 Å². The third kappa shape index (κ3) is 3.82. The number of anilines is 1. The van der Waals surface area contributed by atoms with Crippen molar-refractivity contribution in [3.8, 4) is 0 Å². The van der Waals surface area contributed by atoms with Crippen LogP contribution in [0.2, 0.25) is 0 Å². The van der Waals surface area contributed by atoms with E-state index in [4.69, 9.17) is 21.7 Å². The average Bonchev–Trinajstić information content (AvgIpc) is 2.79. The molecular weight excluding hydrogens is 308 g/mol. The molecule has 0 bridgehead atoms. The first kappa shape index (κ1) is 18.1. The Morgan fingerprint density at radius 3 is 2.74 bits per heavy atom. The van der Waals surface area contributed by atoms with E-state index in [1.165, 1.54) is 16.8 Å². The van der Waals surface area contributed by atoms with Gasteiger partial charge in [-0.1, -0.05) is 26.0 Å². The van der Waals surface area contributed by atoms with Crippen molar-refractivity contribution < 1.29 is 4.74 Å². The quantitative estimate of drug-likeness (QED) is 0.436. The zero-order valence-electron chi connectivity index (χ0n) is 14.8. The second-order valence-corrected chi connectivity index (χ2v) is 7.23. The summed E-state index contributed by atoms with van der Waals surface area (Å²) in [6.07, 6.45) is 1.75. The van der Waals surface area contributed by atoms with Gasteiger partial charge >= 0.3 is 0 Å². The van der Waals surface area contributed by atoms with Crippen LogP contribution in [0.25, 0.3) is 0 Å². The van der Waals surface area contributed by atoms with E-state index in [9.17, 15) is 0 Å². The molecule has 0 saturated carbocycles. The zero-order valence-corrected chi connectivity index (χ0v) is 15.5. The van der Waals surface area contributed by atoms with Crippen LogP contribution in [-0.2, 0) is 10.2 Å². The van der Waals surface area contributed by atoms with Crippen LogP contribution in [0.5, 0.6) is 0 Å². The van der Waals surface area contributed by atoms with Crippen LogP contribution in [0, 0.1) is 5.41 Å². The van der Waals surface area contributed by atoms with E-state index in [0.717, 1.165) is 25.9 Å². The lowest BCUT2D eigenvalue weighted by Gasteiger charge is -2.22. The molecule has 0 aromatic heterocycles.